The highest BCUT2D eigenvalue weighted by Crippen LogP contribution is 2.03. The molecule has 2 aromatic rings. The number of nitrogens with zero attached hydrogens (tertiary/aromatic N) is 3. The van der Waals surface area contributed by atoms with Gasteiger partial charge >= 0.3 is 0 Å². The minimum absolute atomic E-state index is 0.594. The van der Waals surface area contributed by atoms with Crippen LogP contribution in [0.2, 0.25) is 0 Å². The Bertz CT molecular complexity index is 384. The average molecular weight is 210 g/mol. The van der Waals surface area contributed by atoms with Crippen molar-refractivity contribution in [2.24, 2.45) is 0 Å². The standard InChI is InChI=1S/C8H10N4OS/c1-6-11-7(12-13-6)4-9-5-8-10-2-3-14-8/h2-3,9H,4-5H2,1H3. The zero-order valence-electron chi connectivity index (χ0n) is 7.73. The zero-order chi connectivity index (χ0) is 9.80. The normalized spacial score (nSPS) is 10.6. The van der Waals surface area contributed by atoms with Crippen molar-refractivity contribution >= 4 is 11.3 Å². The smallest absolute Gasteiger partial charge is 0.223 e. The minimum Gasteiger partial charge on any atom is -0.340 e. The maximum absolute atomic E-state index is 4.84. The topological polar surface area (TPSA) is 63.8 Å². The Morgan fingerprint density at radius 2 is 2.43 bits per heavy atom. The first kappa shape index (κ1) is 9.29. The molecule has 6 heteroatoms. The molecule has 0 fully saturated rings. The fourth-order valence-electron chi connectivity index (χ4n) is 1.03. The molecule has 5 nitrogen and oxygen atoms in total. The van der Waals surface area contributed by atoms with Crippen molar-refractivity contribution in [2.75, 3.05) is 0 Å². The van der Waals surface area contributed by atoms with Gasteiger partial charge < -0.3 is 9.84 Å². The fourth-order valence-corrected chi connectivity index (χ4v) is 1.62. The average Bonchev–Trinajstić information content (AvgIpc) is 2.77. The van der Waals surface area contributed by atoms with Crippen LogP contribution in [0, 0.1) is 6.92 Å². The lowest BCUT2D eigenvalue weighted by atomic mass is 10.5. The summed E-state index contributed by atoms with van der Waals surface area (Å²) in [6.45, 7) is 3.12. The summed E-state index contributed by atoms with van der Waals surface area (Å²) in [7, 11) is 0. The SMILES string of the molecule is Cc1nc(CNCc2nccs2)no1. The Hall–Kier alpha value is -1.27. The van der Waals surface area contributed by atoms with E-state index in [1.54, 1.807) is 24.5 Å². The number of aryl methyl sites for hydroxylation is 1. The summed E-state index contributed by atoms with van der Waals surface area (Å²) in [5.74, 6) is 1.27. The van der Waals surface area contributed by atoms with Crippen LogP contribution >= 0.6 is 11.3 Å². The van der Waals surface area contributed by atoms with Crippen LogP contribution < -0.4 is 5.32 Å². The van der Waals surface area contributed by atoms with Crippen LogP contribution in [0.4, 0.5) is 0 Å². The highest BCUT2D eigenvalue weighted by molar-refractivity contribution is 7.09. The van der Waals surface area contributed by atoms with Crippen LogP contribution in [0.3, 0.4) is 0 Å². The van der Waals surface area contributed by atoms with E-state index in [0.717, 1.165) is 11.6 Å². The second-order valence-corrected chi connectivity index (χ2v) is 3.74. The lowest BCUT2D eigenvalue weighted by molar-refractivity contribution is 0.385. The molecular weight excluding hydrogens is 200 g/mol. The molecule has 0 aliphatic heterocycles. The van der Waals surface area contributed by atoms with Gasteiger partial charge in [-0.3, -0.25) is 0 Å². The summed E-state index contributed by atoms with van der Waals surface area (Å²) in [6, 6.07) is 0. The van der Waals surface area contributed by atoms with Crippen LogP contribution in [0.25, 0.3) is 0 Å². The molecule has 0 aliphatic rings. The third-order valence-electron chi connectivity index (χ3n) is 1.61. The van der Waals surface area contributed by atoms with Gasteiger partial charge in [-0.05, 0) is 0 Å². The van der Waals surface area contributed by atoms with Crippen LogP contribution in [0.1, 0.15) is 16.7 Å². The van der Waals surface area contributed by atoms with Crippen molar-refractivity contribution in [3.8, 4) is 0 Å². The highest BCUT2D eigenvalue weighted by Gasteiger charge is 2.01. The molecule has 0 aliphatic carbocycles. The second-order valence-electron chi connectivity index (χ2n) is 2.76. The molecule has 14 heavy (non-hydrogen) atoms. The number of rotatable bonds is 4. The molecule has 0 saturated heterocycles. The number of hydrogen-bond acceptors (Lipinski definition) is 6. The van der Waals surface area contributed by atoms with Gasteiger partial charge in [0.15, 0.2) is 5.82 Å². The molecule has 2 rings (SSSR count). The number of hydrogen-bond donors (Lipinski definition) is 1. The second kappa shape index (κ2) is 4.30. The summed E-state index contributed by atoms with van der Waals surface area (Å²) in [6.07, 6.45) is 1.79. The Labute approximate surface area is 85.2 Å². The van der Waals surface area contributed by atoms with Gasteiger partial charge in [-0.25, -0.2) is 4.98 Å². The number of thiazole rings is 1. The molecule has 0 bridgehead atoms. The van der Waals surface area contributed by atoms with Crippen molar-refractivity contribution in [3.63, 3.8) is 0 Å². The summed E-state index contributed by atoms with van der Waals surface area (Å²) < 4.78 is 4.84. The van der Waals surface area contributed by atoms with Gasteiger partial charge in [0.2, 0.25) is 5.89 Å². The quantitative estimate of drug-likeness (QED) is 0.819. The number of nitrogens with one attached hydrogen (secondary N) is 1. The van der Waals surface area contributed by atoms with E-state index >= 15 is 0 Å². The van der Waals surface area contributed by atoms with E-state index in [9.17, 15) is 0 Å². The van der Waals surface area contributed by atoms with E-state index in [1.165, 1.54) is 0 Å². The van der Waals surface area contributed by atoms with Gasteiger partial charge in [-0.2, -0.15) is 4.98 Å². The third kappa shape index (κ3) is 2.36. The molecule has 0 atom stereocenters. The molecule has 2 aromatic heterocycles. The van der Waals surface area contributed by atoms with Crippen molar-refractivity contribution in [1.82, 2.24) is 20.4 Å². The van der Waals surface area contributed by atoms with Gasteiger partial charge in [0.1, 0.15) is 5.01 Å². The molecule has 1 N–H and O–H groups in total. The maximum atomic E-state index is 4.84. The maximum Gasteiger partial charge on any atom is 0.223 e. The Morgan fingerprint density at radius 3 is 3.07 bits per heavy atom. The molecule has 0 aromatic carbocycles. The lowest BCUT2D eigenvalue weighted by Crippen LogP contribution is -2.13. The molecule has 74 valence electrons. The molecule has 0 spiro atoms. The molecule has 0 unspecified atom stereocenters. The summed E-state index contributed by atoms with van der Waals surface area (Å²) in [4.78, 5) is 8.22. The molecule has 0 amide bonds. The van der Waals surface area contributed by atoms with Gasteiger partial charge in [-0.15, -0.1) is 11.3 Å². The van der Waals surface area contributed by atoms with Crippen molar-refractivity contribution in [3.05, 3.63) is 28.3 Å². The van der Waals surface area contributed by atoms with E-state index in [2.05, 4.69) is 20.4 Å². The van der Waals surface area contributed by atoms with Gasteiger partial charge in [-0.1, -0.05) is 5.16 Å². The molecule has 0 radical (unpaired) electrons. The van der Waals surface area contributed by atoms with Crippen molar-refractivity contribution < 1.29 is 4.52 Å². The predicted molar refractivity (Wildman–Crippen MR) is 51.7 cm³/mol. The van der Waals surface area contributed by atoms with E-state index in [-0.39, 0.29) is 0 Å². The van der Waals surface area contributed by atoms with E-state index < -0.39 is 0 Å². The lowest BCUT2D eigenvalue weighted by Gasteiger charge is -1.96. The van der Waals surface area contributed by atoms with E-state index in [4.69, 9.17) is 4.52 Å². The zero-order valence-corrected chi connectivity index (χ0v) is 8.54. The largest absolute Gasteiger partial charge is 0.340 e. The van der Waals surface area contributed by atoms with Crippen LogP contribution in [0.5, 0.6) is 0 Å². The number of aromatic nitrogens is 3. The van der Waals surface area contributed by atoms with Gasteiger partial charge in [0.25, 0.3) is 0 Å². The molecular formula is C8H10N4OS. The fraction of sp³-hybridized carbons (Fsp3) is 0.375. The van der Waals surface area contributed by atoms with Crippen LogP contribution in [-0.2, 0) is 13.1 Å². The highest BCUT2D eigenvalue weighted by atomic mass is 32.1. The summed E-state index contributed by atoms with van der Waals surface area (Å²) in [5.41, 5.74) is 0. The first-order chi connectivity index (χ1) is 6.84. The first-order valence-corrected chi connectivity index (χ1v) is 5.11. The Balaban J connectivity index is 1.78. The van der Waals surface area contributed by atoms with E-state index in [1.807, 2.05) is 5.38 Å². The van der Waals surface area contributed by atoms with Gasteiger partial charge in [0, 0.05) is 25.0 Å². The van der Waals surface area contributed by atoms with Crippen molar-refractivity contribution in [1.29, 1.82) is 0 Å². The summed E-state index contributed by atoms with van der Waals surface area (Å²) in [5, 5.41) is 9.96. The Kier molecular flexibility index (Phi) is 2.85. The van der Waals surface area contributed by atoms with Crippen molar-refractivity contribution in [2.45, 2.75) is 20.0 Å². The molecule has 2 heterocycles. The van der Waals surface area contributed by atoms with Gasteiger partial charge in [0.05, 0.1) is 6.54 Å². The first-order valence-electron chi connectivity index (χ1n) is 4.23. The van der Waals surface area contributed by atoms with Crippen LogP contribution in [0.15, 0.2) is 16.1 Å². The Morgan fingerprint density at radius 1 is 1.50 bits per heavy atom. The van der Waals surface area contributed by atoms with E-state index in [0.29, 0.717) is 18.3 Å². The monoisotopic (exact) mass is 210 g/mol. The van der Waals surface area contributed by atoms with Crippen LogP contribution in [-0.4, -0.2) is 15.1 Å². The minimum atomic E-state index is 0.594. The predicted octanol–water partition coefficient (Wildman–Crippen LogP) is 1.12. The summed E-state index contributed by atoms with van der Waals surface area (Å²) >= 11 is 1.63. The third-order valence-corrected chi connectivity index (χ3v) is 2.39. The molecule has 0 saturated carbocycles.